The molecule has 0 spiro atoms. The van der Waals surface area contributed by atoms with E-state index in [1.165, 1.54) is 10.9 Å². The average molecular weight is 299 g/mol. The maximum atomic E-state index is 12.1. The Bertz CT molecular complexity index is 788. The molecule has 0 bridgehead atoms. The summed E-state index contributed by atoms with van der Waals surface area (Å²) in [6.07, 6.45) is 2.05. The van der Waals surface area contributed by atoms with Crippen molar-refractivity contribution in [2.75, 3.05) is 6.54 Å². The molecule has 21 heavy (non-hydrogen) atoms. The Morgan fingerprint density at radius 3 is 2.86 bits per heavy atom. The topological polar surface area (TPSA) is 46.9 Å². The number of fused-ring (bicyclic) bond motifs is 1. The summed E-state index contributed by atoms with van der Waals surface area (Å²) in [6, 6.07) is 10.3. The van der Waals surface area contributed by atoms with Gasteiger partial charge >= 0.3 is 0 Å². The molecule has 4 nitrogen and oxygen atoms in total. The zero-order valence-electron chi connectivity index (χ0n) is 12.1. The summed E-state index contributed by atoms with van der Waals surface area (Å²) in [5, 5.41) is 5.08. The molecule has 3 rings (SSSR count). The average Bonchev–Trinajstić information content (AvgIpc) is 3.02. The van der Waals surface area contributed by atoms with Gasteiger partial charge in [0.2, 0.25) is 0 Å². The fraction of sp³-hybridized carbons (Fsp3) is 0.250. The molecule has 0 saturated heterocycles. The van der Waals surface area contributed by atoms with Crippen LogP contribution in [0.15, 0.2) is 36.5 Å². The lowest BCUT2D eigenvalue weighted by Gasteiger charge is -2.07. The van der Waals surface area contributed by atoms with Gasteiger partial charge < -0.3 is 9.88 Å². The Labute approximate surface area is 127 Å². The van der Waals surface area contributed by atoms with Crippen molar-refractivity contribution in [3.8, 4) is 0 Å². The number of benzene rings is 1. The highest BCUT2D eigenvalue weighted by Gasteiger charge is 2.13. The molecule has 108 valence electrons. The van der Waals surface area contributed by atoms with Crippen molar-refractivity contribution < 1.29 is 4.79 Å². The summed E-state index contributed by atoms with van der Waals surface area (Å²) in [6.45, 7) is 5.19. The van der Waals surface area contributed by atoms with Crippen LogP contribution < -0.4 is 5.32 Å². The van der Waals surface area contributed by atoms with Crippen LogP contribution in [0.4, 0.5) is 0 Å². The molecule has 0 aliphatic heterocycles. The van der Waals surface area contributed by atoms with Gasteiger partial charge in [-0.15, -0.1) is 11.3 Å². The summed E-state index contributed by atoms with van der Waals surface area (Å²) in [5.74, 6) is -0.0895. The second-order valence-corrected chi connectivity index (χ2v) is 6.37. The van der Waals surface area contributed by atoms with Crippen molar-refractivity contribution in [2.24, 2.45) is 0 Å². The number of nitrogens with zero attached hydrogens (tertiary/aromatic N) is 2. The van der Waals surface area contributed by atoms with Gasteiger partial charge in [0, 0.05) is 29.7 Å². The second kappa shape index (κ2) is 5.69. The molecule has 1 N–H and O–H groups in total. The molecule has 0 aliphatic carbocycles. The zero-order chi connectivity index (χ0) is 14.8. The largest absolute Gasteiger partial charge is 0.349 e. The molecular formula is C16H17N3OS. The molecule has 0 radical (unpaired) electrons. The van der Waals surface area contributed by atoms with Gasteiger partial charge in [-0.2, -0.15) is 0 Å². The van der Waals surface area contributed by atoms with Crippen LogP contribution in [0, 0.1) is 13.8 Å². The number of aromatic nitrogens is 2. The number of hydrogen-bond acceptors (Lipinski definition) is 3. The Hall–Kier alpha value is -2.14. The van der Waals surface area contributed by atoms with Gasteiger partial charge in [-0.3, -0.25) is 4.79 Å². The van der Waals surface area contributed by atoms with E-state index in [2.05, 4.69) is 39.3 Å². The maximum Gasteiger partial charge on any atom is 0.271 e. The minimum atomic E-state index is -0.0895. The van der Waals surface area contributed by atoms with E-state index < -0.39 is 0 Å². The maximum absolute atomic E-state index is 12.1. The third-order valence-corrected chi connectivity index (χ3v) is 4.32. The molecule has 0 aliphatic rings. The van der Waals surface area contributed by atoms with Gasteiger partial charge in [0.15, 0.2) is 0 Å². The third kappa shape index (κ3) is 2.83. The number of aryl methyl sites for hydroxylation is 2. The fourth-order valence-electron chi connectivity index (χ4n) is 2.45. The second-order valence-electron chi connectivity index (χ2n) is 4.96. The van der Waals surface area contributed by atoms with Gasteiger partial charge in [0.1, 0.15) is 5.69 Å². The number of thiazole rings is 1. The summed E-state index contributed by atoms with van der Waals surface area (Å²) in [5.41, 5.74) is 1.74. The molecule has 1 aromatic carbocycles. The number of hydrogen-bond donors (Lipinski definition) is 1. The van der Waals surface area contributed by atoms with Gasteiger partial charge in [0.05, 0.1) is 5.01 Å². The van der Waals surface area contributed by atoms with E-state index in [-0.39, 0.29) is 5.91 Å². The van der Waals surface area contributed by atoms with E-state index in [1.54, 1.807) is 11.3 Å². The van der Waals surface area contributed by atoms with Crippen LogP contribution in [0.25, 0.3) is 10.9 Å². The number of para-hydroxylation sites is 1. The van der Waals surface area contributed by atoms with Crippen LogP contribution in [0.1, 0.15) is 20.4 Å². The first-order valence-electron chi connectivity index (χ1n) is 6.91. The van der Waals surface area contributed by atoms with E-state index in [4.69, 9.17) is 0 Å². The lowest BCUT2D eigenvalue weighted by molar-refractivity contribution is 0.0947. The van der Waals surface area contributed by atoms with Crippen molar-refractivity contribution >= 4 is 28.1 Å². The third-order valence-electron chi connectivity index (χ3n) is 3.44. The highest BCUT2D eigenvalue weighted by Crippen LogP contribution is 2.16. The van der Waals surface area contributed by atoms with Crippen molar-refractivity contribution in [2.45, 2.75) is 20.4 Å². The summed E-state index contributed by atoms with van der Waals surface area (Å²) >= 11 is 1.55. The van der Waals surface area contributed by atoms with Crippen LogP contribution in [0.5, 0.6) is 0 Å². The summed E-state index contributed by atoms with van der Waals surface area (Å²) in [4.78, 5) is 17.3. The van der Waals surface area contributed by atoms with E-state index >= 15 is 0 Å². The quantitative estimate of drug-likeness (QED) is 0.804. The van der Waals surface area contributed by atoms with Crippen LogP contribution in [-0.4, -0.2) is 22.0 Å². The summed E-state index contributed by atoms with van der Waals surface area (Å²) < 4.78 is 2.15. The number of nitrogens with one attached hydrogen (secondary N) is 1. The van der Waals surface area contributed by atoms with Crippen molar-refractivity contribution in [3.63, 3.8) is 0 Å². The molecule has 2 heterocycles. The fourth-order valence-corrected chi connectivity index (χ4v) is 3.26. The first-order chi connectivity index (χ1) is 10.1. The normalized spacial score (nSPS) is 11.0. The lowest BCUT2D eigenvalue weighted by Crippen LogP contribution is -2.27. The predicted octanol–water partition coefficient (Wildman–Crippen LogP) is 3.14. The van der Waals surface area contributed by atoms with Crippen LogP contribution in [0.3, 0.4) is 0 Å². The minimum Gasteiger partial charge on any atom is -0.349 e. The Morgan fingerprint density at radius 2 is 2.10 bits per heavy atom. The van der Waals surface area contributed by atoms with Gasteiger partial charge in [-0.25, -0.2) is 4.98 Å². The summed E-state index contributed by atoms with van der Waals surface area (Å²) in [7, 11) is 0. The van der Waals surface area contributed by atoms with Crippen molar-refractivity contribution in [3.05, 3.63) is 52.1 Å². The van der Waals surface area contributed by atoms with Crippen LogP contribution in [-0.2, 0) is 6.54 Å². The number of rotatable bonds is 4. The van der Waals surface area contributed by atoms with E-state index in [0.717, 1.165) is 16.4 Å². The Balaban J connectivity index is 1.64. The Kier molecular flexibility index (Phi) is 3.75. The first-order valence-corrected chi connectivity index (χ1v) is 7.73. The van der Waals surface area contributed by atoms with Gasteiger partial charge in [-0.1, -0.05) is 18.2 Å². The number of carbonyl (C=O) groups excluding carboxylic acids is 1. The molecule has 2 aromatic heterocycles. The zero-order valence-corrected chi connectivity index (χ0v) is 12.9. The molecular weight excluding hydrogens is 282 g/mol. The van der Waals surface area contributed by atoms with E-state index in [9.17, 15) is 4.79 Å². The van der Waals surface area contributed by atoms with Crippen molar-refractivity contribution in [1.82, 2.24) is 14.9 Å². The number of amides is 1. The minimum absolute atomic E-state index is 0.0895. The van der Waals surface area contributed by atoms with Crippen LogP contribution in [0.2, 0.25) is 0 Å². The van der Waals surface area contributed by atoms with Crippen LogP contribution >= 0.6 is 11.3 Å². The van der Waals surface area contributed by atoms with E-state index in [0.29, 0.717) is 12.2 Å². The smallest absolute Gasteiger partial charge is 0.271 e. The lowest BCUT2D eigenvalue weighted by atomic mass is 10.2. The van der Waals surface area contributed by atoms with Gasteiger partial charge in [0.25, 0.3) is 5.91 Å². The highest BCUT2D eigenvalue weighted by molar-refractivity contribution is 7.11. The van der Waals surface area contributed by atoms with Gasteiger partial charge in [-0.05, 0) is 31.4 Å². The highest BCUT2D eigenvalue weighted by atomic mass is 32.1. The molecule has 1 amide bonds. The molecule has 0 unspecified atom stereocenters. The Morgan fingerprint density at radius 1 is 1.29 bits per heavy atom. The van der Waals surface area contributed by atoms with Crippen molar-refractivity contribution in [1.29, 1.82) is 0 Å². The standard InChI is InChI=1S/C16H17N3OS/c1-11-15(18-12(2)21-11)16(20)17-8-10-19-9-7-13-5-3-4-6-14(13)19/h3-7,9H,8,10H2,1-2H3,(H,17,20). The molecule has 0 fully saturated rings. The SMILES string of the molecule is Cc1nc(C(=O)NCCn2ccc3ccccc32)c(C)s1. The first kappa shape index (κ1) is 13.8. The number of carbonyl (C=O) groups is 1. The monoisotopic (exact) mass is 299 g/mol. The molecule has 0 atom stereocenters. The molecule has 0 saturated carbocycles. The van der Waals surface area contributed by atoms with E-state index in [1.807, 2.05) is 26.0 Å². The molecule has 3 aromatic rings. The predicted molar refractivity (Wildman–Crippen MR) is 85.9 cm³/mol. The molecule has 5 heteroatoms.